The molecule has 0 saturated carbocycles. The van der Waals surface area contributed by atoms with E-state index in [2.05, 4.69) is 10.5 Å². The van der Waals surface area contributed by atoms with E-state index in [0.717, 1.165) is 24.0 Å². The Labute approximate surface area is 165 Å². The minimum Gasteiger partial charge on any atom is -0.490 e. The summed E-state index contributed by atoms with van der Waals surface area (Å²) in [5.74, 6) is 1.16. The lowest BCUT2D eigenvalue weighted by atomic mass is 10.2. The highest BCUT2D eigenvalue weighted by molar-refractivity contribution is 6.31. The van der Waals surface area contributed by atoms with Crippen molar-refractivity contribution in [2.45, 2.75) is 39.7 Å². The van der Waals surface area contributed by atoms with Gasteiger partial charge in [-0.25, -0.2) is 5.43 Å². The highest BCUT2D eigenvalue weighted by atomic mass is 35.5. The molecule has 2 rings (SSSR count). The van der Waals surface area contributed by atoms with Crippen LogP contribution in [-0.4, -0.2) is 18.7 Å². The Balaban J connectivity index is 2.02. The Kier molecular flexibility index (Phi) is 8.65. The predicted octanol–water partition coefficient (Wildman–Crippen LogP) is 4.96. The van der Waals surface area contributed by atoms with Crippen LogP contribution in [-0.2, 0) is 11.4 Å². The molecule has 0 spiro atoms. The Morgan fingerprint density at radius 3 is 2.70 bits per heavy atom. The SMILES string of the molecule is CCCCC(=O)N/N=C/c1ccc(OCc2ccccc2Cl)c(OCC)c1. The zero-order chi connectivity index (χ0) is 19.5. The minimum atomic E-state index is -0.0853. The van der Waals surface area contributed by atoms with Crippen LogP contribution in [0.5, 0.6) is 11.5 Å². The van der Waals surface area contributed by atoms with Crippen molar-refractivity contribution >= 4 is 23.7 Å². The Hall–Kier alpha value is -2.53. The molecule has 6 heteroatoms. The number of benzene rings is 2. The molecule has 0 atom stereocenters. The van der Waals surface area contributed by atoms with Gasteiger partial charge in [0, 0.05) is 17.0 Å². The van der Waals surface area contributed by atoms with E-state index in [-0.39, 0.29) is 5.91 Å². The molecule has 0 aliphatic rings. The van der Waals surface area contributed by atoms with Crippen LogP contribution in [0.2, 0.25) is 5.02 Å². The first-order valence-electron chi connectivity index (χ1n) is 9.09. The highest BCUT2D eigenvalue weighted by Gasteiger charge is 2.08. The zero-order valence-corrected chi connectivity index (χ0v) is 16.5. The summed E-state index contributed by atoms with van der Waals surface area (Å²) >= 11 is 6.17. The Morgan fingerprint density at radius 2 is 1.96 bits per heavy atom. The van der Waals surface area contributed by atoms with E-state index in [1.807, 2.05) is 56.3 Å². The molecule has 0 heterocycles. The van der Waals surface area contributed by atoms with Gasteiger partial charge >= 0.3 is 0 Å². The van der Waals surface area contributed by atoms with Gasteiger partial charge in [-0.05, 0) is 43.2 Å². The van der Waals surface area contributed by atoms with Gasteiger partial charge in [0.25, 0.3) is 0 Å². The van der Waals surface area contributed by atoms with Crippen LogP contribution in [0.15, 0.2) is 47.6 Å². The van der Waals surface area contributed by atoms with E-state index in [1.165, 1.54) is 0 Å². The van der Waals surface area contributed by atoms with Crippen molar-refractivity contribution in [1.82, 2.24) is 5.43 Å². The molecule has 1 amide bonds. The molecule has 0 aliphatic carbocycles. The third-order valence-corrected chi connectivity index (χ3v) is 4.14. The first-order chi connectivity index (χ1) is 13.1. The summed E-state index contributed by atoms with van der Waals surface area (Å²) < 4.78 is 11.5. The number of halogens is 1. The number of hydrogen-bond donors (Lipinski definition) is 1. The molecule has 0 aliphatic heterocycles. The van der Waals surface area contributed by atoms with Crippen molar-refractivity contribution in [1.29, 1.82) is 0 Å². The van der Waals surface area contributed by atoms with Crippen LogP contribution in [0.1, 0.15) is 44.2 Å². The Morgan fingerprint density at radius 1 is 1.15 bits per heavy atom. The van der Waals surface area contributed by atoms with Gasteiger partial charge in [0.05, 0.1) is 12.8 Å². The van der Waals surface area contributed by atoms with Crippen molar-refractivity contribution in [2.75, 3.05) is 6.61 Å². The molecular formula is C21H25ClN2O3. The molecule has 27 heavy (non-hydrogen) atoms. The minimum absolute atomic E-state index is 0.0853. The second-order valence-electron chi connectivity index (χ2n) is 5.92. The smallest absolute Gasteiger partial charge is 0.240 e. The average molecular weight is 389 g/mol. The molecule has 2 aromatic carbocycles. The van der Waals surface area contributed by atoms with Gasteiger partial charge in [-0.3, -0.25) is 4.79 Å². The lowest BCUT2D eigenvalue weighted by molar-refractivity contribution is -0.121. The van der Waals surface area contributed by atoms with Crippen molar-refractivity contribution < 1.29 is 14.3 Å². The van der Waals surface area contributed by atoms with Crippen molar-refractivity contribution in [3.8, 4) is 11.5 Å². The lowest BCUT2D eigenvalue weighted by Gasteiger charge is -2.13. The summed E-state index contributed by atoms with van der Waals surface area (Å²) in [6.07, 6.45) is 3.90. The lowest BCUT2D eigenvalue weighted by Crippen LogP contribution is -2.16. The molecule has 0 radical (unpaired) electrons. The summed E-state index contributed by atoms with van der Waals surface area (Å²) in [5, 5.41) is 4.66. The van der Waals surface area contributed by atoms with E-state index in [9.17, 15) is 4.79 Å². The van der Waals surface area contributed by atoms with E-state index in [0.29, 0.717) is 36.2 Å². The third-order valence-electron chi connectivity index (χ3n) is 3.77. The topological polar surface area (TPSA) is 59.9 Å². The maximum absolute atomic E-state index is 11.6. The molecule has 0 bridgehead atoms. The quantitative estimate of drug-likeness (QED) is 0.462. The normalized spacial score (nSPS) is 10.8. The van der Waals surface area contributed by atoms with Gasteiger partial charge in [-0.2, -0.15) is 5.10 Å². The molecule has 2 aromatic rings. The van der Waals surface area contributed by atoms with Gasteiger partial charge in [0.1, 0.15) is 6.61 Å². The number of hydrazone groups is 1. The van der Waals surface area contributed by atoms with Crippen molar-refractivity contribution in [3.63, 3.8) is 0 Å². The van der Waals surface area contributed by atoms with E-state index < -0.39 is 0 Å². The largest absolute Gasteiger partial charge is 0.490 e. The number of hydrogen-bond acceptors (Lipinski definition) is 4. The van der Waals surface area contributed by atoms with Crippen LogP contribution in [0.3, 0.4) is 0 Å². The fourth-order valence-corrected chi connectivity index (χ4v) is 2.53. The monoisotopic (exact) mass is 388 g/mol. The van der Waals surface area contributed by atoms with Crippen LogP contribution < -0.4 is 14.9 Å². The predicted molar refractivity (Wildman–Crippen MR) is 109 cm³/mol. The summed E-state index contributed by atoms with van der Waals surface area (Å²) in [4.78, 5) is 11.6. The number of amides is 1. The molecule has 0 fully saturated rings. The summed E-state index contributed by atoms with van der Waals surface area (Å²) in [6, 6.07) is 13.1. The second kappa shape index (κ2) is 11.2. The zero-order valence-electron chi connectivity index (χ0n) is 15.7. The van der Waals surface area contributed by atoms with Gasteiger partial charge in [-0.1, -0.05) is 43.1 Å². The second-order valence-corrected chi connectivity index (χ2v) is 6.32. The molecule has 1 N–H and O–H groups in total. The third kappa shape index (κ3) is 6.94. The first-order valence-corrected chi connectivity index (χ1v) is 9.46. The number of rotatable bonds is 10. The number of nitrogens with zero attached hydrogens (tertiary/aromatic N) is 1. The fraction of sp³-hybridized carbons (Fsp3) is 0.333. The summed E-state index contributed by atoms with van der Waals surface area (Å²) in [6.45, 7) is 4.81. The molecular weight excluding hydrogens is 364 g/mol. The molecule has 0 saturated heterocycles. The van der Waals surface area contributed by atoms with Crippen molar-refractivity contribution in [3.05, 3.63) is 58.6 Å². The van der Waals surface area contributed by atoms with Gasteiger partial charge < -0.3 is 9.47 Å². The standard InChI is InChI=1S/C21H25ClN2O3/c1-3-5-10-21(25)24-23-14-16-11-12-19(20(13-16)26-4-2)27-15-17-8-6-7-9-18(17)22/h6-9,11-14H,3-5,10,15H2,1-2H3,(H,24,25)/b23-14+. The van der Waals surface area contributed by atoms with Crippen LogP contribution in [0.25, 0.3) is 0 Å². The molecule has 0 unspecified atom stereocenters. The van der Waals surface area contributed by atoms with Crippen LogP contribution in [0, 0.1) is 0 Å². The van der Waals surface area contributed by atoms with Crippen molar-refractivity contribution in [2.24, 2.45) is 5.10 Å². The van der Waals surface area contributed by atoms with E-state index in [4.69, 9.17) is 21.1 Å². The highest BCUT2D eigenvalue weighted by Crippen LogP contribution is 2.29. The number of nitrogens with one attached hydrogen (secondary N) is 1. The van der Waals surface area contributed by atoms with E-state index in [1.54, 1.807) is 6.21 Å². The van der Waals surface area contributed by atoms with E-state index >= 15 is 0 Å². The number of carbonyl (C=O) groups excluding carboxylic acids is 1. The number of unbranched alkanes of at least 4 members (excludes halogenated alkanes) is 1. The molecule has 5 nitrogen and oxygen atoms in total. The number of ether oxygens (including phenoxy) is 2. The molecule has 144 valence electrons. The number of carbonyl (C=O) groups is 1. The summed E-state index contributed by atoms with van der Waals surface area (Å²) in [5.41, 5.74) is 4.24. The summed E-state index contributed by atoms with van der Waals surface area (Å²) in [7, 11) is 0. The first kappa shape index (κ1) is 20.8. The van der Waals surface area contributed by atoms with Gasteiger partial charge in [-0.15, -0.1) is 0 Å². The van der Waals surface area contributed by atoms with Crippen LogP contribution in [0.4, 0.5) is 0 Å². The maximum atomic E-state index is 11.6. The maximum Gasteiger partial charge on any atom is 0.240 e. The van der Waals surface area contributed by atoms with Crippen LogP contribution >= 0.6 is 11.6 Å². The van der Waals surface area contributed by atoms with Gasteiger partial charge in [0.15, 0.2) is 11.5 Å². The molecule has 0 aromatic heterocycles. The Bertz CT molecular complexity index is 778. The average Bonchev–Trinajstić information content (AvgIpc) is 2.67. The van der Waals surface area contributed by atoms with Gasteiger partial charge in [0.2, 0.25) is 5.91 Å². The fourth-order valence-electron chi connectivity index (χ4n) is 2.34.